The highest BCUT2D eigenvalue weighted by Gasteiger charge is 2.42. The number of piperidine rings is 2. The number of nitrogens with zero attached hydrogens (tertiary/aromatic N) is 3. The Morgan fingerprint density at radius 3 is 2.76 bits per heavy atom. The Labute approximate surface area is 150 Å². The van der Waals surface area contributed by atoms with Crippen molar-refractivity contribution in [2.45, 2.75) is 63.2 Å². The second-order valence-electron chi connectivity index (χ2n) is 8.82. The van der Waals surface area contributed by atoms with Crippen molar-refractivity contribution in [1.29, 1.82) is 0 Å². The Bertz CT molecular complexity index is 652. The number of fused-ring (bicyclic) bond motifs is 3. The third-order valence-electron chi connectivity index (χ3n) is 7.44. The van der Waals surface area contributed by atoms with Gasteiger partial charge in [0.25, 0.3) is 0 Å². The highest BCUT2D eigenvalue weighted by atomic mass is 15.2. The van der Waals surface area contributed by atoms with Crippen molar-refractivity contribution in [1.82, 2.24) is 15.3 Å². The van der Waals surface area contributed by atoms with Gasteiger partial charge in [-0.25, -0.2) is 4.98 Å². The molecule has 2 saturated heterocycles. The Kier molecular flexibility index (Phi) is 3.88. The van der Waals surface area contributed by atoms with Gasteiger partial charge in [-0.3, -0.25) is 0 Å². The van der Waals surface area contributed by atoms with Gasteiger partial charge in [0.05, 0.1) is 5.69 Å². The predicted molar refractivity (Wildman–Crippen MR) is 101 cm³/mol. The molecule has 5 heteroatoms. The zero-order valence-corrected chi connectivity index (χ0v) is 15.3. The lowest BCUT2D eigenvalue weighted by Crippen LogP contribution is -2.49. The van der Waals surface area contributed by atoms with Crippen LogP contribution in [0.4, 0.5) is 11.8 Å². The quantitative estimate of drug-likeness (QED) is 0.822. The number of aromatic nitrogens is 2. The molecule has 1 saturated carbocycles. The fraction of sp³-hybridized carbons (Fsp3) is 0.800. The van der Waals surface area contributed by atoms with Gasteiger partial charge in [0.15, 0.2) is 0 Å². The molecule has 3 N–H and O–H groups in total. The van der Waals surface area contributed by atoms with Crippen LogP contribution in [-0.2, 0) is 11.8 Å². The average Bonchev–Trinajstić information content (AvgIpc) is 3.11. The molecule has 5 rings (SSSR count). The van der Waals surface area contributed by atoms with E-state index in [0.29, 0.717) is 11.4 Å². The summed E-state index contributed by atoms with van der Waals surface area (Å²) in [6.45, 7) is 4.62. The molecular formula is C20H31N5. The molecule has 0 aromatic carbocycles. The first-order valence-corrected chi connectivity index (χ1v) is 10.4. The summed E-state index contributed by atoms with van der Waals surface area (Å²) < 4.78 is 0. The summed E-state index contributed by atoms with van der Waals surface area (Å²) in [5, 5.41) is 3.59. The molecule has 2 aliphatic carbocycles. The number of nitrogens with one attached hydrogen (secondary N) is 1. The van der Waals surface area contributed by atoms with Gasteiger partial charge in [-0.15, -0.1) is 0 Å². The van der Waals surface area contributed by atoms with E-state index in [1.807, 2.05) is 0 Å². The molecule has 1 spiro atoms. The molecule has 0 radical (unpaired) electrons. The van der Waals surface area contributed by atoms with E-state index < -0.39 is 0 Å². The molecule has 0 amide bonds. The molecule has 2 atom stereocenters. The van der Waals surface area contributed by atoms with Crippen LogP contribution in [-0.4, -0.2) is 36.1 Å². The van der Waals surface area contributed by atoms with E-state index in [1.165, 1.54) is 75.0 Å². The van der Waals surface area contributed by atoms with Gasteiger partial charge >= 0.3 is 0 Å². The molecule has 3 fully saturated rings. The van der Waals surface area contributed by atoms with E-state index >= 15 is 0 Å². The maximum atomic E-state index is 6.21. The van der Waals surface area contributed by atoms with Crippen LogP contribution in [0, 0.1) is 11.8 Å². The van der Waals surface area contributed by atoms with Crippen LogP contribution >= 0.6 is 0 Å². The zero-order valence-electron chi connectivity index (χ0n) is 15.3. The van der Waals surface area contributed by atoms with Crippen molar-refractivity contribution in [2.75, 3.05) is 36.8 Å². The first-order chi connectivity index (χ1) is 12.3. The van der Waals surface area contributed by atoms with E-state index in [0.717, 1.165) is 37.9 Å². The average molecular weight is 342 g/mol. The van der Waals surface area contributed by atoms with Crippen molar-refractivity contribution < 1.29 is 0 Å². The van der Waals surface area contributed by atoms with E-state index in [2.05, 4.69) is 10.2 Å². The lowest BCUT2D eigenvalue weighted by atomic mass is 9.71. The molecule has 0 bridgehead atoms. The highest BCUT2D eigenvalue weighted by molar-refractivity contribution is 5.55. The number of rotatable bonds is 1. The van der Waals surface area contributed by atoms with E-state index in [-0.39, 0.29) is 0 Å². The monoisotopic (exact) mass is 341 g/mol. The van der Waals surface area contributed by atoms with Gasteiger partial charge in [-0.2, -0.15) is 4.98 Å². The van der Waals surface area contributed by atoms with Gasteiger partial charge < -0.3 is 16.0 Å². The number of hydrogen-bond donors (Lipinski definition) is 2. The molecule has 136 valence electrons. The molecule has 2 aliphatic heterocycles. The summed E-state index contributed by atoms with van der Waals surface area (Å²) in [6, 6.07) is 0. The number of nitrogens with two attached hydrogens (primary N) is 1. The van der Waals surface area contributed by atoms with Gasteiger partial charge in [-0.1, -0.05) is 12.8 Å². The van der Waals surface area contributed by atoms with Crippen LogP contribution in [0.5, 0.6) is 0 Å². The SMILES string of the molecule is Nc1nc(N2CCC3CCNCC3C2)c2c(n1)C1(CCCC1)CCC2. The third-order valence-corrected chi connectivity index (χ3v) is 7.44. The van der Waals surface area contributed by atoms with Gasteiger partial charge in [-0.05, 0) is 69.9 Å². The number of hydrogen-bond acceptors (Lipinski definition) is 5. The van der Waals surface area contributed by atoms with Gasteiger partial charge in [0.2, 0.25) is 5.95 Å². The van der Waals surface area contributed by atoms with E-state index in [9.17, 15) is 0 Å². The molecule has 1 aromatic rings. The molecule has 5 nitrogen and oxygen atoms in total. The fourth-order valence-corrected chi connectivity index (χ4v) is 6.14. The van der Waals surface area contributed by atoms with E-state index in [4.69, 9.17) is 15.7 Å². The number of nitrogen functional groups attached to an aromatic ring is 1. The van der Waals surface area contributed by atoms with Crippen LogP contribution in [0.3, 0.4) is 0 Å². The van der Waals surface area contributed by atoms with Crippen LogP contribution in [0.25, 0.3) is 0 Å². The standard InChI is InChI=1S/C20H31N5/c21-19-23-17-16(4-3-9-20(17)7-1-2-8-20)18(24-19)25-11-6-14-5-10-22-12-15(14)13-25/h14-15,22H,1-13H2,(H2,21,23,24). The smallest absolute Gasteiger partial charge is 0.222 e. The second-order valence-corrected chi connectivity index (χ2v) is 8.82. The van der Waals surface area contributed by atoms with Crippen LogP contribution in [0.1, 0.15) is 62.6 Å². The van der Waals surface area contributed by atoms with Crippen molar-refractivity contribution in [3.8, 4) is 0 Å². The third kappa shape index (κ3) is 2.62. The summed E-state index contributed by atoms with van der Waals surface area (Å²) in [4.78, 5) is 12.1. The fourth-order valence-electron chi connectivity index (χ4n) is 6.14. The Hall–Kier alpha value is -1.36. The lowest BCUT2D eigenvalue weighted by molar-refractivity contribution is 0.217. The van der Waals surface area contributed by atoms with Gasteiger partial charge in [0, 0.05) is 24.1 Å². The summed E-state index contributed by atoms with van der Waals surface area (Å²) in [5.74, 6) is 3.33. The number of anilines is 2. The maximum Gasteiger partial charge on any atom is 0.222 e. The minimum atomic E-state index is 0.310. The zero-order chi connectivity index (χ0) is 16.9. The lowest BCUT2D eigenvalue weighted by Gasteiger charge is -2.43. The Balaban J connectivity index is 1.51. The first kappa shape index (κ1) is 15.9. The molecule has 25 heavy (non-hydrogen) atoms. The molecule has 1 aromatic heterocycles. The minimum Gasteiger partial charge on any atom is -0.368 e. The summed E-state index contributed by atoms with van der Waals surface area (Å²) in [5.41, 5.74) is 9.28. The van der Waals surface area contributed by atoms with Crippen LogP contribution < -0.4 is 16.0 Å². The largest absolute Gasteiger partial charge is 0.368 e. The molecule has 4 aliphatic rings. The second kappa shape index (κ2) is 6.11. The van der Waals surface area contributed by atoms with Crippen molar-refractivity contribution in [2.24, 2.45) is 11.8 Å². The summed E-state index contributed by atoms with van der Waals surface area (Å²) in [7, 11) is 0. The maximum absolute atomic E-state index is 6.21. The van der Waals surface area contributed by atoms with Crippen LogP contribution in [0.2, 0.25) is 0 Å². The molecular weight excluding hydrogens is 310 g/mol. The van der Waals surface area contributed by atoms with Crippen molar-refractivity contribution in [3.05, 3.63) is 11.3 Å². The first-order valence-electron chi connectivity index (χ1n) is 10.4. The van der Waals surface area contributed by atoms with Gasteiger partial charge in [0.1, 0.15) is 5.82 Å². The molecule has 2 unspecified atom stereocenters. The van der Waals surface area contributed by atoms with Crippen molar-refractivity contribution >= 4 is 11.8 Å². The van der Waals surface area contributed by atoms with Crippen LogP contribution in [0.15, 0.2) is 0 Å². The normalized spacial score (nSPS) is 31.0. The minimum absolute atomic E-state index is 0.310. The predicted octanol–water partition coefficient (Wildman–Crippen LogP) is 2.64. The highest BCUT2D eigenvalue weighted by Crippen LogP contribution is 2.49. The molecule has 3 heterocycles. The Morgan fingerprint density at radius 1 is 1.04 bits per heavy atom. The Morgan fingerprint density at radius 2 is 1.88 bits per heavy atom. The summed E-state index contributed by atoms with van der Waals surface area (Å²) in [6.07, 6.45) is 11.6. The summed E-state index contributed by atoms with van der Waals surface area (Å²) >= 11 is 0. The van der Waals surface area contributed by atoms with E-state index in [1.54, 1.807) is 0 Å². The topological polar surface area (TPSA) is 67.1 Å². The van der Waals surface area contributed by atoms with Crippen molar-refractivity contribution in [3.63, 3.8) is 0 Å².